The maximum absolute atomic E-state index is 5.55. The molecule has 2 aromatic carbocycles. The van der Waals surface area contributed by atoms with Gasteiger partial charge < -0.3 is 9.30 Å². The summed E-state index contributed by atoms with van der Waals surface area (Å²) in [7, 11) is 0. The molecular weight excluding hydrogens is 332 g/mol. The van der Waals surface area contributed by atoms with Crippen molar-refractivity contribution in [1.82, 2.24) is 4.57 Å². The molecule has 0 bridgehead atoms. The number of aliphatic imine (C=N–C) groups is 1. The molecule has 0 atom stereocenters. The number of aromatic nitrogens is 1. The Bertz CT molecular complexity index is 934. The molecular formula is C24H28N2O. The third-order valence-electron chi connectivity index (χ3n) is 4.78. The molecule has 0 amide bonds. The average Bonchev–Trinajstić information content (AvgIpc) is 2.95. The monoisotopic (exact) mass is 360 g/mol. The minimum atomic E-state index is 0.453. The Morgan fingerprint density at radius 2 is 1.74 bits per heavy atom. The van der Waals surface area contributed by atoms with Crippen LogP contribution in [-0.4, -0.2) is 17.4 Å². The summed E-state index contributed by atoms with van der Waals surface area (Å²) in [5.41, 5.74) is 6.96. The number of ether oxygens (including phenoxy) is 1. The summed E-state index contributed by atoms with van der Waals surface area (Å²) in [5, 5.41) is 0. The lowest BCUT2D eigenvalue weighted by molar-refractivity contribution is 0.340. The van der Waals surface area contributed by atoms with Gasteiger partial charge in [-0.05, 0) is 68.7 Å². The minimum Gasteiger partial charge on any atom is -0.494 e. The Hall–Kier alpha value is -2.81. The second kappa shape index (κ2) is 8.26. The SMILES string of the molecule is CCOc1ccc(-n2c(C)cc(C=Nc3ccccc3C(C)C)c2C)cc1. The zero-order valence-corrected chi connectivity index (χ0v) is 16.9. The van der Waals surface area contributed by atoms with E-state index in [2.05, 4.69) is 68.7 Å². The van der Waals surface area contributed by atoms with Gasteiger partial charge in [0.05, 0.1) is 12.3 Å². The highest BCUT2D eigenvalue weighted by Gasteiger charge is 2.10. The summed E-state index contributed by atoms with van der Waals surface area (Å²) in [6, 6.07) is 18.8. The number of benzene rings is 2. The van der Waals surface area contributed by atoms with Crippen LogP contribution in [0.2, 0.25) is 0 Å². The van der Waals surface area contributed by atoms with E-state index in [0.29, 0.717) is 12.5 Å². The van der Waals surface area contributed by atoms with Crippen LogP contribution in [0.1, 0.15) is 49.2 Å². The number of rotatable bonds is 6. The van der Waals surface area contributed by atoms with E-state index in [-0.39, 0.29) is 0 Å². The molecule has 0 aliphatic rings. The van der Waals surface area contributed by atoms with Crippen LogP contribution in [0.15, 0.2) is 59.6 Å². The molecule has 3 rings (SSSR count). The lowest BCUT2D eigenvalue weighted by Crippen LogP contribution is -2.00. The van der Waals surface area contributed by atoms with E-state index in [0.717, 1.165) is 22.7 Å². The highest BCUT2D eigenvalue weighted by molar-refractivity contribution is 5.84. The Balaban J connectivity index is 1.92. The summed E-state index contributed by atoms with van der Waals surface area (Å²) >= 11 is 0. The molecule has 0 saturated heterocycles. The van der Waals surface area contributed by atoms with Gasteiger partial charge in [-0.2, -0.15) is 0 Å². The molecule has 3 aromatic rings. The van der Waals surface area contributed by atoms with Gasteiger partial charge in [0.2, 0.25) is 0 Å². The Morgan fingerprint density at radius 3 is 2.41 bits per heavy atom. The van der Waals surface area contributed by atoms with Crippen molar-refractivity contribution >= 4 is 11.9 Å². The van der Waals surface area contributed by atoms with Gasteiger partial charge in [0.1, 0.15) is 5.75 Å². The zero-order chi connectivity index (χ0) is 19.4. The van der Waals surface area contributed by atoms with Crippen molar-refractivity contribution in [3.05, 3.63) is 77.1 Å². The van der Waals surface area contributed by atoms with E-state index in [4.69, 9.17) is 9.73 Å². The molecule has 0 saturated carbocycles. The summed E-state index contributed by atoms with van der Waals surface area (Å²) < 4.78 is 7.81. The van der Waals surface area contributed by atoms with Crippen LogP contribution in [0.4, 0.5) is 5.69 Å². The maximum atomic E-state index is 5.55. The van der Waals surface area contributed by atoms with Gasteiger partial charge in [-0.1, -0.05) is 32.0 Å². The first kappa shape index (κ1) is 19.0. The first-order chi connectivity index (χ1) is 13.0. The highest BCUT2D eigenvalue weighted by Crippen LogP contribution is 2.27. The van der Waals surface area contributed by atoms with Crippen LogP contribution in [-0.2, 0) is 0 Å². The third-order valence-corrected chi connectivity index (χ3v) is 4.78. The molecule has 0 N–H and O–H groups in total. The van der Waals surface area contributed by atoms with Crippen LogP contribution in [0.5, 0.6) is 5.75 Å². The molecule has 27 heavy (non-hydrogen) atoms. The molecule has 3 heteroatoms. The number of nitrogens with zero attached hydrogens (tertiary/aromatic N) is 2. The molecule has 0 aliphatic carbocycles. The molecule has 140 valence electrons. The van der Waals surface area contributed by atoms with Gasteiger partial charge in [0, 0.05) is 28.9 Å². The number of aryl methyl sites for hydroxylation is 1. The molecule has 0 aliphatic heterocycles. The summed E-state index contributed by atoms with van der Waals surface area (Å²) in [4.78, 5) is 4.79. The highest BCUT2D eigenvalue weighted by atomic mass is 16.5. The van der Waals surface area contributed by atoms with Crippen LogP contribution < -0.4 is 4.74 Å². The van der Waals surface area contributed by atoms with Crippen molar-refractivity contribution in [2.45, 2.75) is 40.5 Å². The normalized spacial score (nSPS) is 11.5. The van der Waals surface area contributed by atoms with Crippen molar-refractivity contribution in [1.29, 1.82) is 0 Å². The fraction of sp³-hybridized carbons (Fsp3) is 0.292. The zero-order valence-electron chi connectivity index (χ0n) is 16.9. The van der Waals surface area contributed by atoms with Gasteiger partial charge >= 0.3 is 0 Å². The summed E-state index contributed by atoms with van der Waals surface area (Å²) in [6.07, 6.45) is 1.98. The summed E-state index contributed by atoms with van der Waals surface area (Å²) in [6.45, 7) is 11.3. The molecule has 1 heterocycles. The number of hydrogen-bond acceptors (Lipinski definition) is 2. The molecule has 3 nitrogen and oxygen atoms in total. The smallest absolute Gasteiger partial charge is 0.119 e. The Kier molecular flexibility index (Phi) is 5.80. The lowest BCUT2D eigenvalue weighted by Gasteiger charge is -2.11. The first-order valence-electron chi connectivity index (χ1n) is 9.56. The first-order valence-corrected chi connectivity index (χ1v) is 9.56. The molecule has 0 spiro atoms. The lowest BCUT2D eigenvalue weighted by atomic mass is 10.0. The van der Waals surface area contributed by atoms with Gasteiger partial charge in [0.15, 0.2) is 0 Å². The maximum Gasteiger partial charge on any atom is 0.119 e. The van der Waals surface area contributed by atoms with Gasteiger partial charge in [-0.3, -0.25) is 4.99 Å². The van der Waals surface area contributed by atoms with E-state index in [1.165, 1.54) is 17.0 Å². The minimum absolute atomic E-state index is 0.453. The Labute approximate surface area is 162 Å². The van der Waals surface area contributed by atoms with Crippen molar-refractivity contribution in [3.8, 4) is 11.4 Å². The topological polar surface area (TPSA) is 26.5 Å². The van der Waals surface area contributed by atoms with Crippen LogP contribution in [0.3, 0.4) is 0 Å². The van der Waals surface area contributed by atoms with E-state index >= 15 is 0 Å². The number of para-hydroxylation sites is 1. The van der Waals surface area contributed by atoms with E-state index in [9.17, 15) is 0 Å². The van der Waals surface area contributed by atoms with Crippen LogP contribution in [0.25, 0.3) is 5.69 Å². The predicted molar refractivity (Wildman–Crippen MR) is 114 cm³/mol. The summed E-state index contributed by atoms with van der Waals surface area (Å²) in [5.74, 6) is 1.35. The second-order valence-corrected chi connectivity index (χ2v) is 7.06. The fourth-order valence-corrected chi connectivity index (χ4v) is 3.41. The fourth-order valence-electron chi connectivity index (χ4n) is 3.41. The van der Waals surface area contributed by atoms with Crippen LogP contribution in [0, 0.1) is 13.8 Å². The quantitative estimate of drug-likeness (QED) is 0.469. The van der Waals surface area contributed by atoms with E-state index in [1.807, 2.05) is 31.3 Å². The predicted octanol–water partition coefficient (Wildman–Crippen LogP) is 6.37. The van der Waals surface area contributed by atoms with Gasteiger partial charge in [0.25, 0.3) is 0 Å². The third kappa shape index (κ3) is 4.13. The largest absolute Gasteiger partial charge is 0.494 e. The molecule has 0 unspecified atom stereocenters. The Morgan fingerprint density at radius 1 is 1.04 bits per heavy atom. The molecule has 0 radical (unpaired) electrons. The van der Waals surface area contributed by atoms with E-state index < -0.39 is 0 Å². The van der Waals surface area contributed by atoms with Gasteiger partial charge in [-0.25, -0.2) is 0 Å². The second-order valence-electron chi connectivity index (χ2n) is 7.06. The van der Waals surface area contributed by atoms with Crippen molar-refractivity contribution in [3.63, 3.8) is 0 Å². The standard InChI is InChI=1S/C24H28N2O/c1-6-27-22-13-11-21(12-14-22)26-18(4)15-20(19(26)5)16-25-24-10-8-7-9-23(24)17(2)3/h7-17H,6H2,1-5H3. The van der Waals surface area contributed by atoms with Crippen LogP contribution >= 0.6 is 0 Å². The van der Waals surface area contributed by atoms with Crippen molar-refractivity contribution in [2.24, 2.45) is 4.99 Å². The molecule has 0 fully saturated rings. The number of hydrogen-bond donors (Lipinski definition) is 0. The molecule has 1 aromatic heterocycles. The average molecular weight is 361 g/mol. The van der Waals surface area contributed by atoms with Crippen molar-refractivity contribution < 1.29 is 4.74 Å². The van der Waals surface area contributed by atoms with Gasteiger partial charge in [-0.15, -0.1) is 0 Å². The van der Waals surface area contributed by atoms with Crippen molar-refractivity contribution in [2.75, 3.05) is 6.61 Å². The van der Waals surface area contributed by atoms with E-state index in [1.54, 1.807) is 0 Å².